The molecule has 0 fully saturated rings. The van der Waals surface area contributed by atoms with Crippen LogP contribution in [0.3, 0.4) is 0 Å². The smallest absolute Gasteiger partial charge is 0.418 e. The van der Waals surface area contributed by atoms with Crippen LogP contribution in [-0.2, 0) is 6.54 Å². The van der Waals surface area contributed by atoms with Crippen LogP contribution < -0.4 is 5.32 Å². The molecular formula is C10H10F3NO3. The topological polar surface area (TPSA) is 69.6 Å². The van der Waals surface area contributed by atoms with E-state index in [9.17, 15) is 18.0 Å². The van der Waals surface area contributed by atoms with Gasteiger partial charge < -0.3 is 15.5 Å². The lowest BCUT2D eigenvalue weighted by Gasteiger charge is -2.14. The predicted molar refractivity (Wildman–Crippen MR) is 52.3 cm³/mol. The second-order valence-electron chi connectivity index (χ2n) is 3.34. The zero-order valence-corrected chi connectivity index (χ0v) is 8.53. The maximum Gasteiger partial charge on any atom is 0.418 e. The molecule has 0 saturated heterocycles. The molecule has 0 radical (unpaired) electrons. The minimum atomic E-state index is -4.71. The van der Waals surface area contributed by atoms with Gasteiger partial charge in [0.2, 0.25) is 0 Å². The van der Waals surface area contributed by atoms with Gasteiger partial charge in [-0.05, 0) is 11.1 Å². The number of carboxylic acid groups (broad SMARTS) is 1. The first-order valence-electron chi connectivity index (χ1n) is 4.61. The van der Waals surface area contributed by atoms with Gasteiger partial charge in [0, 0.05) is 6.54 Å². The first-order valence-corrected chi connectivity index (χ1v) is 4.61. The van der Waals surface area contributed by atoms with Crippen molar-refractivity contribution in [2.24, 2.45) is 0 Å². The molecule has 1 unspecified atom stereocenters. The third kappa shape index (κ3) is 3.95. The Morgan fingerprint density at radius 2 is 1.82 bits per heavy atom. The minimum Gasteiger partial charge on any atom is -0.465 e. The summed E-state index contributed by atoms with van der Waals surface area (Å²) in [5.74, 6) is 0. The van der Waals surface area contributed by atoms with E-state index in [1.165, 1.54) is 12.1 Å². The molecule has 0 aliphatic heterocycles. The Hall–Kier alpha value is -1.76. The van der Waals surface area contributed by atoms with E-state index in [1.54, 1.807) is 0 Å². The maximum absolute atomic E-state index is 12.1. The Bertz CT molecular complexity index is 389. The number of aliphatic hydroxyl groups excluding tert-OH is 1. The van der Waals surface area contributed by atoms with Crippen LogP contribution in [0.1, 0.15) is 17.2 Å². The molecule has 0 aliphatic carbocycles. The van der Waals surface area contributed by atoms with E-state index < -0.39 is 18.4 Å². The van der Waals surface area contributed by atoms with E-state index in [-0.39, 0.29) is 12.1 Å². The molecule has 3 N–H and O–H groups in total. The van der Waals surface area contributed by atoms with Crippen LogP contribution in [0.4, 0.5) is 18.0 Å². The highest BCUT2D eigenvalue weighted by Gasteiger charge is 2.39. The van der Waals surface area contributed by atoms with Gasteiger partial charge in [-0.15, -0.1) is 0 Å². The molecule has 0 bridgehead atoms. The molecule has 1 amide bonds. The molecule has 1 atom stereocenters. The van der Waals surface area contributed by atoms with Crippen molar-refractivity contribution in [3.63, 3.8) is 0 Å². The monoisotopic (exact) mass is 249 g/mol. The van der Waals surface area contributed by atoms with E-state index in [1.807, 2.05) is 0 Å². The highest BCUT2D eigenvalue weighted by atomic mass is 19.4. The van der Waals surface area contributed by atoms with Crippen molar-refractivity contribution in [3.05, 3.63) is 35.4 Å². The molecule has 17 heavy (non-hydrogen) atoms. The predicted octanol–water partition coefficient (Wildman–Crippen LogP) is 2.05. The second kappa shape index (κ2) is 5.05. The van der Waals surface area contributed by atoms with Gasteiger partial charge in [-0.3, -0.25) is 0 Å². The van der Waals surface area contributed by atoms with Crippen molar-refractivity contribution >= 4 is 6.09 Å². The molecule has 0 aliphatic rings. The largest absolute Gasteiger partial charge is 0.465 e. The van der Waals surface area contributed by atoms with Crippen LogP contribution >= 0.6 is 0 Å². The summed E-state index contributed by atoms with van der Waals surface area (Å²) in [6, 6.07) is 4.86. The fourth-order valence-corrected chi connectivity index (χ4v) is 1.18. The first kappa shape index (κ1) is 13.3. The number of hydrogen-bond acceptors (Lipinski definition) is 2. The number of aliphatic hydroxyl groups is 1. The normalized spacial score (nSPS) is 13.2. The Morgan fingerprint density at radius 1 is 1.29 bits per heavy atom. The zero-order valence-electron chi connectivity index (χ0n) is 8.53. The summed E-state index contributed by atoms with van der Waals surface area (Å²) in [6.45, 7) is -0.00226. The number of alkyl halides is 3. The van der Waals surface area contributed by atoms with Gasteiger partial charge in [-0.25, -0.2) is 4.79 Å². The van der Waals surface area contributed by atoms with Crippen molar-refractivity contribution in [1.29, 1.82) is 0 Å². The van der Waals surface area contributed by atoms with E-state index in [4.69, 9.17) is 10.2 Å². The van der Waals surface area contributed by atoms with Gasteiger partial charge in [0.15, 0.2) is 6.10 Å². The first-order chi connectivity index (χ1) is 7.80. The number of rotatable bonds is 3. The molecule has 1 aromatic rings. The molecule has 0 saturated carbocycles. The Kier molecular flexibility index (Phi) is 3.95. The fourth-order valence-electron chi connectivity index (χ4n) is 1.18. The van der Waals surface area contributed by atoms with Gasteiger partial charge >= 0.3 is 12.3 Å². The Balaban J connectivity index is 2.71. The molecule has 1 rings (SSSR count). The number of carbonyl (C=O) groups is 1. The van der Waals surface area contributed by atoms with E-state index >= 15 is 0 Å². The van der Waals surface area contributed by atoms with Crippen molar-refractivity contribution in [2.75, 3.05) is 0 Å². The zero-order chi connectivity index (χ0) is 13.1. The average molecular weight is 249 g/mol. The molecule has 4 nitrogen and oxygen atoms in total. The number of halogens is 3. The lowest BCUT2D eigenvalue weighted by atomic mass is 10.1. The Labute approximate surface area is 94.7 Å². The summed E-state index contributed by atoms with van der Waals surface area (Å²) in [4.78, 5) is 10.2. The molecule has 7 heteroatoms. The van der Waals surface area contributed by atoms with Gasteiger partial charge in [0.1, 0.15) is 0 Å². The van der Waals surface area contributed by atoms with Crippen LogP contribution in [-0.4, -0.2) is 22.5 Å². The molecule has 0 heterocycles. The minimum absolute atomic E-state index is 0.00226. The molecule has 94 valence electrons. The molecule has 1 aromatic carbocycles. The van der Waals surface area contributed by atoms with Crippen molar-refractivity contribution < 1.29 is 28.2 Å². The summed E-state index contributed by atoms with van der Waals surface area (Å²) < 4.78 is 36.4. The number of amides is 1. The molecule has 0 aromatic heterocycles. The van der Waals surface area contributed by atoms with Crippen LogP contribution in [0, 0.1) is 0 Å². The van der Waals surface area contributed by atoms with Crippen LogP contribution in [0.5, 0.6) is 0 Å². The summed E-state index contributed by atoms with van der Waals surface area (Å²) in [5.41, 5.74) is 0.224. The number of hydrogen-bond donors (Lipinski definition) is 3. The third-order valence-corrected chi connectivity index (χ3v) is 2.05. The lowest BCUT2D eigenvalue weighted by molar-refractivity contribution is -0.206. The van der Waals surface area contributed by atoms with Crippen molar-refractivity contribution in [2.45, 2.75) is 18.8 Å². The number of nitrogens with one attached hydrogen (secondary N) is 1. The van der Waals surface area contributed by atoms with Crippen LogP contribution in [0.15, 0.2) is 24.3 Å². The summed E-state index contributed by atoms with van der Waals surface area (Å²) >= 11 is 0. The van der Waals surface area contributed by atoms with Crippen LogP contribution in [0.2, 0.25) is 0 Å². The molecule has 0 spiro atoms. The van der Waals surface area contributed by atoms with E-state index in [0.717, 1.165) is 12.1 Å². The quantitative estimate of drug-likeness (QED) is 0.767. The fraction of sp³-hybridized carbons (Fsp3) is 0.300. The highest BCUT2D eigenvalue weighted by Crippen LogP contribution is 2.32. The number of benzene rings is 1. The molecular weight excluding hydrogens is 239 g/mol. The van der Waals surface area contributed by atoms with Gasteiger partial charge in [-0.2, -0.15) is 13.2 Å². The maximum atomic E-state index is 12.1. The lowest BCUT2D eigenvalue weighted by Crippen LogP contribution is -2.21. The summed E-state index contributed by atoms with van der Waals surface area (Å²) in [7, 11) is 0. The van der Waals surface area contributed by atoms with E-state index in [2.05, 4.69) is 5.32 Å². The van der Waals surface area contributed by atoms with Gasteiger partial charge in [0.25, 0.3) is 0 Å². The Morgan fingerprint density at radius 3 is 2.24 bits per heavy atom. The third-order valence-electron chi connectivity index (χ3n) is 2.05. The van der Waals surface area contributed by atoms with Crippen molar-refractivity contribution in [3.8, 4) is 0 Å². The van der Waals surface area contributed by atoms with Crippen LogP contribution in [0.25, 0.3) is 0 Å². The van der Waals surface area contributed by atoms with Gasteiger partial charge in [-0.1, -0.05) is 24.3 Å². The van der Waals surface area contributed by atoms with Crippen molar-refractivity contribution in [1.82, 2.24) is 5.32 Å². The summed E-state index contributed by atoms with van der Waals surface area (Å²) in [5, 5.41) is 19.3. The van der Waals surface area contributed by atoms with Gasteiger partial charge in [0.05, 0.1) is 0 Å². The second-order valence-corrected chi connectivity index (χ2v) is 3.34. The summed E-state index contributed by atoms with van der Waals surface area (Å²) in [6.07, 6.45) is -8.45. The van der Waals surface area contributed by atoms with E-state index in [0.29, 0.717) is 5.56 Å². The highest BCUT2D eigenvalue weighted by molar-refractivity contribution is 5.64. The standard InChI is InChI=1S/C10H10F3NO3/c11-10(12,13)8(15)7-3-1-6(2-4-7)5-14-9(16)17/h1-4,8,14-15H,5H2,(H,16,17). The SMILES string of the molecule is O=C(O)NCc1ccc(C(O)C(F)(F)F)cc1. The average Bonchev–Trinajstić information content (AvgIpc) is 2.25.